The molecule has 1 fully saturated rings. The summed E-state index contributed by atoms with van der Waals surface area (Å²) >= 11 is 0. The number of aromatic nitrogens is 2. The molecule has 2 aliphatic carbocycles. The Hall–Kier alpha value is -1.32. The van der Waals surface area contributed by atoms with Gasteiger partial charge in [0, 0.05) is 23.2 Å². The van der Waals surface area contributed by atoms with Crippen LogP contribution in [0.5, 0.6) is 0 Å². The molecule has 0 amide bonds. The van der Waals surface area contributed by atoms with Crippen molar-refractivity contribution in [2.24, 2.45) is 5.92 Å². The molecule has 2 atom stereocenters. The highest BCUT2D eigenvalue weighted by atomic mass is 16.5. The third-order valence-electron chi connectivity index (χ3n) is 3.75. The molecule has 0 unspecified atom stereocenters. The number of esters is 1. The zero-order valence-electron chi connectivity index (χ0n) is 10.6. The normalized spacial score (nSPS) is 24.7. The number of ether oxygens (including phenoxy) is 1. The van der Waals surface area contributed by atoms with Crippen LogP contribution >= 0.6 is 0 Å². The van der Waals surface area contributed by atoms with E-state index in [4.69, 9.17) is 4.74 Å². The van der Waals surface area contributed by atoms with Crippen LogP contribution in [0.25, 0.3) is 0 Å². The highest BCUT2D eigenvalue weighted by Crippen LogP contribution is 2.57. The largest absolute Gasteiger partial charge is 0.461 e. The predicted molar refractivity (Wildman–Crippen MR) is 63.1 cm³/mol. The first-order chi connectivity index (χ1) is 8.13. The van der Waals surface area contributed by atoms with Crippen molar-refractivity contribution >= 4 is 5.97 Å². The fraction of sp³-hybridized carbons (Fsp3) is 0.692. The Kier molecular flexibility index (Phi) is 2.28. The van der Waals surface area contributed by atoms with Gasteiger partial charge in [0.1, 0.15) is 0 Å². The summed E-state index contributed by atoms with van der Waals surface area (Å²) in [6, 6.07) is 0.311. The van der Waals surface area contributed by atoms with Crippen molar-refractivity contribution in [2.75, 3.05) is 6.61 Å². The summed E-state index contributed by atoms with van der Waals surface area (Å²) < 4.78 is 7.11. The van der Waals surface area contributed by atoms with Crippen LogP contribution in [0.15, 0.2) is 0 Å². The molecule has 4 heteroatoms. The van der Waals surface area contributed by atoms with Crippen LogP contribution in [0, 0.1) is 5.92 Å². The first-order valence-corrected chi connectivity index (χ1v) is 6.41. The van der Waals surface area contributed by atoms with Crippen molar-refractivity contribution in [3.8, 4) is 0 Å². The molecule has 1 aromatic rings. The Labute approximate surface area is 101 Å². The number of fused-ring (bicyclic) bond motifs is 3. The van der Waals surface area contributed by atoms with Gasteiger partial charge in [-0.2, -0.15) is 5.10 Å². The Morgan fingerprint density at radius 1 is 1.59 bits per heavy atom. The fourth-order valence-corrected chi connectivity index (χ4v) is 2.90. The number of carbonyl (C=O) groups excluding carboxylic acids is 1. The fourth-order valence-electron chi connectivity index (χ4n) is 2.90. The second-order valence-corrected chi connectivity index (χ2v) is 5.28. The van der Waals surface area contributed by atoms with Gasteiger partial charge in [-0.15, -0.1) is 0 Å². The van der Waals surface area contributed by atoms with Crippen LogP contribution in [0.3, 0.4) is 0 Å². The van der Waals surface area contributed by atoms with E-state index in [-0.39, 0.29) is 5.97 Å². The van der Waals surface area contributed by atoms with E-state index in [1.807, 2.05) is 11.6 Å². The van der Waals surface area contributed by atoms with Crippen LogP contribution < -0.4 is 0 Å². The third kappa shape index (κ3) is 1.50. The minimum atomic E-state index is -0.260. The van der Waals surface area contributed by atoms with E-state index in [1.165, 1.54) is 12.1 Å². The summed E-state index contributed by atoms with van der Waals surface area (Å²) in [5.41, 5.74) is 3.01. The third-order valence-corrected chi connectivity index (χ3v) is 3.75. The average Bonchev–Trinajstić information content (AvgIpc) is 2.78. The Balaban J connectivity index is 2.03. The maximum absolute atomic E-state index is 11.9. The van der Waals surface area contributed by atoms with Crippen LogP contribution in [-0.4, -0.2) is 22.4 Å². The zero-order valence-corrected chi connectivity index (χ0v) is 10.6. The molecule has 0 radical (unpaired) electrons. The van der Waals surface area contributed by atoms with Gasteiger partial charge in [-0.1, -0.05) is 0 Å². The maximum Gasteiger partial charge on any atom is 0.359 e. The molecule has 0 spiro atoms. The van der Waals surface area contributed by atoms with E-state index < -0.39 is 0 Å². The quantitative estimate of drug-likeness (QED) is 0.754. The second kappa shape index (κ2) is 3.59. The molecule has 17 heavy (non-hydrogen) atoms. The van der Waals surface area contributed by atoms with Gasteiger partial charge in [0.15, 0.2) is 5.69 Å². The van der Waals surface area contributed by atoms with Gasteiger partial charge in [-0.05, 0) is 39.5 Å². The Morgan fingerprint density at radius 2 is 2.35 bits per heavy atom. The van der Waals surface area contributed by atoms with E-state index in [2.05, 4.69) is 18.9 Å². The Bertz CT molecular complexity index is 476. The molecule has 4 nitrogen and oxygen atoms in total. The van der Waals surface area contributed by atoms with Gasteiger partial charge in [-0.3, -0.25) is 4.68 Å². The summed E-state index contributed by atoms with van der Waals surface area (Å²) in [6.45, 7) is 6.46. The first kappa shape index (κ1) is 10.8. The molecule has 3 rings (SSSR count). The summed E-state index contributed by atoms with van der Waals surface area (Å²) in [7, 11) is 0. The van der Waals surface area contributed by atoms with Crippen LogP contribution in [0.2, 0.25) is 0 Å². The van der Waals surface area contributed by atoms with Gasteiger partial charge in [0.25, 0.3) is 0 Å². The van der Waals surface area contributed by atoms with Gasteiger partial charge in [0.2, 0.25) is 0 Å². The molecule has 0 aromatic carbocycles. The number of carbonyl (C=O) groups is 1. The predicted octanol–water partition coefficient (Wildman–Crippen LogP) is 2.30. The maximum atomic E-state index is 11.9. The van der Waals surface area contributed by atoms with E-state index in [1.54, 1.807) is 0 Å². The molecule has 1 saturated carbocycles. The van der Waals surface area contributed by atoms with Gasteiger partial charge in [-0.25, -0.2) is 4.79 Å². The summed E-state index contributed by atoms with van der Waals surface area (Å²) in [4.78, 5) is 11.9. The highest BCUT2D eigenvalue weighted by molar-refractivity contribution is 5.89. The number of hydrogen-bond donors (Lipinski definition) is 0. The van der Waals surface area contributed by atoms with Crippen molar-refractivity contribution in [2.45, 2.75) is 45.6 Å². The molecular formula is C13H18N2O2. The molecule has 0 N–H and O–H groups in total. The molecule has 92 valence electrons. The molecule has 1 heterocycles. The van der Waals surface area contributed by atoms with Crippen molar-refractivity contribution in [3.05, 3.63) is 17.0 Å². The van der Waals surface area contributed by atoms with Crippen LogP contribution in [-0.2, 0) is 11.2 Å². The lowest BCUT2D eigenvalue weighted by atomic mass is 10.1. The molecule has 0 aliphatic heterocycles. The summed E-state index contributed by atoms with van der Waals surface area (Å²) in [5.74, 6) is 1.16. The number of hydrogen-bond acceptors (Lipinski definition) is 3. The monoisotopic (exact) mass is 234 g/mol. The van der Waals surface area contributed by atoms with Crippen molar-refractivity contribution in [1.29, 1.82) is 0 Å². The minimum Gasteiger partial charge on any atom is -0.461 e. The van der Waals surface area contributed by atoms with E-state index in [0.29, 0.717) is 24.3 Å². The lowest BCUT2D eigenvalue weighted by Crippen LogP contribution is -2.10. The van der Waals surface area contributed by atoms with Crippen LogP contribution in [0.1, 0.15) is 60.9 Å². The lowest BCUT2D eigenvalue weighted by molar-refractivity contribution is 0.0517. The van der Waals surface area contributed by atoms with E-state index in [0.717, 1.165) is 17.9 Å². The Morgan fingerprint density at radius 3 is 3.00 bits per heavy atom. The van der Waals surface area contributed by atoms with E-state index in [9.17, 15) is 4.79 Å². The average molecular weight is 234 g/mol. The first-order valence-electron chi connectivity index (χ1n) is 6.41. The minimum absolute atomic E-state index is 0.260. The lowest BCUT2D eigenvalue weighted by Gasteiger charge is -2.09. The van der Waals surface area contributed by atoms with Gasteiger partial charge >= 0.3 is 5.97 Å². The van der Waals surface area contributed by atoms with Crippen molar-refractivity contribution < 1.29 is 9.53 Å². The van der Waals surface area contributed by atoms with Gasteiger partial charge in [0.05, 0.1) is 6.61 Å². The van der Waals surface area contributed by atoms with E-state index >= 15 is 0 Å². The summed E-state index contributed by atoms with van der Waals surface area (Å²) in [6.07, 6.45) is 2.29. The molecule has 0 saturated heterocycles. The molecule has 2 aliphatic rings. The standard InChI is InChI=1S/C13H18N2O2/c1-4-17-13(16)11-10-6-8-5-9(8)12(10)15(14-11)7(2)3/h7-9H,4-6H2,1-3H3/t8-,9-/m1/s1. The number of rotatable bonds is 3. The molecular weight excluding hydrogens is 216 g/mol. The highest BCUT2D eigenvalue weighted by Gasteiger charge is 2.50. The van der Waals surface area contributed by atoms with Crippen LogP contribution in [0.4, 0.5) is 0 Å². The molecule has 0 bridgehead atoms. The van der Waals surface area contributed by atoms with Gasteiger partial charge < -0.3 is 4.74 Å². The van der Waals surface area contributed by atoms with Crippen molar-refractivity contribution in [1.82, 2.24) is 9.78 Å². The zero-order chi connectivity index (χ0) is 12.2. The van der Waals surface area contributed by atoms with Crippen molar-refractivity contribution in [3.63, 3.8) is 0 Å². The topological polar surface area (TPSA) is 44.1 Å². The second-order valence-electron chi connectivity index (χ2n) is 5.28. The smallest absolute Gasteiger partial charge is 0.359 e. The molecule has 1 aromatic heterocycles. The summed E-state index contributed by atoms with van der Waals surface area (Å²) in [5, 5.41) is 4.47. The number of nitrogens with zero attached hydrogens (tertiary/aromatic N) is 2. The SMILES string of the molecule is CCOC(=O)c1nn(C(C)C)c2c1C[C@H]1C[C@@H]21.